The highest BCUT2D eigenvalue weighted by Crippen LogP contribution is 2.33. The van der Waals surface area contributed by atoms with Crippen LogP contribution in [0.25, 0.3) is 0 Å². The van der Waals surface area contributed by atoms with Gasteiger partial charge in [0.2, 0.25) is 5.78 Å². The highest BCUT2D eigenvalue weighted by Gasteiger charge is 2.44. The number of hydrogen-bond acceptors (Lipinski definition) is 6. The molecule has 1 aromatic carbocycles. The minimum atomic E-state index is -0.348. The van der Waals surface area contributed by atoms with E-state index in [1.54, 1.807) is 23.4 Å². The van der Waals surface area contributed by atoms with Crippen molar-refractivity contribution in [3.05, 3.63) is 60.2 Å². The number of nitrogens with zero attached hydrogens (tertiary/aromatic N) is 3. The predicted molar refractivity (Wildman–Crippen MR) is 95.9 cm³/mol. The number of ketones is 1. The number of aromatic nitrogens is 2. The first kappa shape index (κ1) is 17.6. The summed E-state index contributed by atoms with van der Waals surface area (Å²) in [6, 6.07) is 10.9. The number of hydrogen-bond donors (Lipinski definition) is 0. The summed E-state index contributed by atoms with van der Waals surface area (Å²) < 4.78 is 11.1. The van der Waals surface area contributed by atoms with Gasteiger partial charge in [-0.3, -0.25) is 9.69 Å². The van der Waals surface area contributed by atoms with E-state index in [0.717, 1.165) is 5.56 Å². The number of carbonyl (C=O) groups is 2. The molecule has 2 saturated heterocycles. The molecule has 140 valence electrons. The first-order valence-electron chi connectivity index (χ1n) is 9.10. The van der Waals surface area contributed by atoms with Crippen LogP contribution in [0.1, 0.15) is 29.0 Å². The van der Waals surface area contributed by atoms with Crippen LogP contribution in [0.4, 0.5) is 4.79 Å². The molecule has 2 aromatic rings. The molecule has 1 amide bonds. The minimum absolute atomic E-state index is 0.0650. The summed E-state index contributed by atoms with van der Waals surface area (Å²) in [5.74, 6) is -0.0316. The molecular weight excluding hydrogens is 346 g/mol. The maximum atomic E-state index is 12.7. The quantitative estimate of drug-likeness (QED) is 0.772. The highest BCUT2D eigenvalue weighted by molar-refractivity contribution is 5.94. The van der Waals surface area contributed by atoms with Gasteiger partial charge >= 0.3 is 6.09 Å². The van der Waals surface area contributed by atoms with Gasteiger partial charge in [0.25, 0.3) is 0 Å². The SMILES string of the molecule is O=C(c1ncccn1)C1CC2COCC(C1)N2C(=O)OCc1ccccc1. The largest absolute Gasteiger partial charge is 0.445 e. The van der Waals surface area contributed by atoms with Gasteiger partial charge in [-0.05, 0) is 24.5 Å². The summed E-state index contributed by atoms with van der Waals surface area (Å²) in [4.78, 5) is 35.3. The second-order valence-corrected chi connectivity index (χ2v) is 6.90. The van der Waals surface area contributed by atoms with Crippen LogP contribution < -0.4 is 0 Å². The lowest BCUT2D eigenvalue weighted by Crippen LogP contribution is -2.60. The molecule has 0 spiro atoms. The van der Waals surface area contributed by atoms with E-state index in [0.29, 0.717) is 26.1 Å². The van der Waals surface area contributed by atoms with Gasteiger partial charge in [0.15, 0.2) is 5.82 Å². The number of Topliss-reactive ketones (excluding diaryl/α,β-unsaturated/α-hetero) is 1. The zero-order valence-electron chi connectivity index (χ0n) is 14.9. The fourth-order valence-electron chi connectivity index (χ4n) is 3.83. The van der Waals surface area contributed by atoms with E-state index in [-0.39, 0.29) is 42.3 Å². The molecule has 27 heavy (non-hydrogen) atoms. The number of benzene rings is 1. The number of ether oxygens (including phenoxy) is 2. The molecule has 2 bridgehead atoms. The summed E-state index contributed by atoms with van der Waals surface area (Å²) in [7, 11) is 0. The van der Waals surface area contributed by atoms with Gasteiger partial charge in [-0.1, -0.05) is 30.3 Å². The number of rotatable bonds is 4. The van der Waals surface area contributed by atoms with E-state index in [2.05, 4.69) is 9.97 Å². The maximum Gasteiger partial charge on any atom is 0.410 e. The van der Waals surface area contributed by atoms with Crippen molar-refractivity contribution in [2.75, 3.05) is 13.2 Å². The van der Waals surface area contributed by atoms with Crippen LogP contribution in [-0.4, -0.2) is 52.0 Å². The molecule has 2 fully saturated rings. The van der Waals surface area contributed by atoms with Gasteiger partial charge in [0, 0.05) is 18.3 Å². The lowest BCUT2D eigenvalue weighted by molar-refractivity contribution is -0.0756. The fraction of sp³-hybridized carbons (Fsp3) is 0.400. The third kappa shape index (κ3) is 3.83. The molecule has 3 heterocycles. The summed E-state index contributed by atoms with van der Waals surface area (Å²) >= 11 is 0. The Morgan fingerprint density at radius 3 is 2.37 bits per heavy atom. The number of morpholine rings is 1. The zero-order chi connectivity index (χ0) is 18.6. The van der Waals surface area contributed by atoms with Crippen molar-refractivity contribution in [2.24, 2.45) is 5.92 Å². The summed E-state index contributed by atoms with van der Waals surface area (Å²) in [6.07, 6.45) is 3.86. The summed E-state index contributed by atoms with van der Waals surface area (Å²) in [5.41, 5.74) is 0.943. The van der Waals surface area contributed by atoms with Gasteiger partial charge in [-0.25, -0.2) is 14.8 Å². The number of fused-ring (bicyclic) bond motifs is 2. The summed E-state index contributed by atoms with van der Waals surface area (Å²) in [5, 5.41) is 0. The van der Waals surface area contributed by atoms with Gasteiger partial charge < -0.3 is 9.47 Å². The average molecular weight is 367 g/mol. The van der Waals surface area contributed by atoms with Crippen molar-refractivity contribution in [1.82, 2.24) is 14.9 Å². The van der Waals surface area contributed by atoms with Crippen LogP contribution in [0, 0.1) is 5.92 Å². The molecule has 0 N–H and O–H groups in total. The van der Waals surface area contributed by atoms with Crippen LogP contribution in [0.15, 0.2) is 48.8 Å². The van der Waals surface area contributed by atoms with Gasteiger partial charge in [-0.15, -0.1) is 0 Å². The Labute approximate surface area is 157 Å². The highest BCUT2D eigenvalue weighted by atomic mass is 16.6. The smallest absolute Gasteiger partial charge is 0.410 e. The van der Waals surface area contributed by atoms with E-state index in [4.69, 9.17) is 9.47 Å². The Balaban J connectivity index is 1.42. The van der Waals surface area contributed by atoms with E-state index >= 15 is 0 Å². The second-order valence-electron chi connectivity index (χ2n) is 6.90. The van der Waals surface area contributed by atoms with Crippen molar-refractivity contribution in [3.63, 3.8) is 0 Å². The lowest BCUT2D eigenvalue weighted by atomic mass is 9.82. The van der Waals surface area contributed by atoms with Gasteiger partial charge in [0.05, 0.1) is 25.3 Å². The predicted octanol–water partition coefficient (Wildman–Crippen LogP) is 2.48. The van der Waals surface area contributed by atoms with Crippen LogP contribution >= 0.6 is 0 Å². The fourth-order valence-corrected chi connectivity index (χ4v) is 3.83. The Bertz CT molecular complexity index is 785. The van der Waals surface area contributed by atoms with Crippen LogP contribution in [0.3, 0.4) is 0 Å². The molecule has 7 nitrogen and oxygen atoms in total. The van der Waals surface area contributed by atoms with Crippen LogP contribution in [0.5, 0.6) is 0 Å². The van der Waals surface area contributed by atoms with E-state index in [1.165, 1.54) is 0 Å². The normalized spacial score (nSPS) is 24.3. The molecule has 1 aromatic heterocycles. The molecule has 7 heteroatoms. The topological polar surface area (TPSA) is 81.6 Å². The first-order valence-corrected chi connectivity index (χ1v) is 9.10. The molecule has 2 aliphatic rings. The van der Waals surface area contributed by atoms with Crippen molar-refractivity contribution in [2.45, 2.75) is 31.5 Å². The standard InChI is InChI=1S/C20H21N3O4/c24-18(19-21-7-4-8-22-19)15-9-16-12-26-13-17(10-15)23(16)20(25)27-11-14-5-2-1-3-6-14/h1-8,15-17H,9-13H2. The first-order chi connectivity index (χ1) is 13.2. The Kier molecular flexibility index (Phi) is 5.11. The molecule has 0 aliphatic carbocycles. The van der Waals surface area contributed by atoms with Crippen LogP contribution in [0.2, 0.25) is 0 Å². The van der Waals surface area contributed by atoms with Crippen molar-refractivity contribution < 1.29 is 19.1 Å². The van der Waals surface area contributed by atoms with Gasteiger partial charge in [0.1, 0.15) is 6.61 Å². The Hall–Kier alpha value is -2.80. The average Bonchev–Trinajstić information content (AvgIpc) is 2.72. The third-order valence-corrected chi connectivity index (χ3v) is 5.09. The molecule has 0 saturated carbocycles. The monoisotopic (exact) mass is 367 g/mol. The molecule has 2 aliphatic heterocycles. The second kappa shape index (κ2) is 7.84. The molecule has 0 radical (unpaired) electrons. The zero-order valence-corrected chi connectivity index (χ0v) is 14.9. The molecular formula is C20H21N3O4. The number of amides is 1. The Morgan fingerprint density at radius 1 is 1.04 bits per heavy atom. The van der Waals surface area contributed by atoms with Gasteiger partial charge in [-0.2, -0.15) is 0 Å². The van der Waals surface area contributed by atoms with E-state index in [1.807, 2.05) is 30.3 Å². The van der Waals surface area contributed by atoms with E-state index < -0.39 is 0 Å². The lowest BCUT2D eigenvalue weighted by Gasteiger charge is -2.47. The third-order valence-electron chi connectivity index (χ3n) is 5.09. The van der Waals surface area contributed by atoms with E-state index in [9.17, 15) is 9.59 Å². The maximum absolute atomic E-state index is 12.7. The molecule has 2 atom stereocenters. The van der Waals surface area contributed by atoms with Crippen molar-refractivity contribution >= 4 is 11.9 Å². The number of piperidine rings is 1. The molecule has 2 unspecified atom stereocenters. The minimum Gasteiger partial charge on any atom is -0.445 e. The number of carbonyl (C=O) groups excluding carboxylic acids is 2. The summed E-state index contributed by atoms with van der Waals surface area (Å²) in [6.45, 7) is 1.06. The van der Waals surface area contributed by atoms with Crippen molar-refractivity contribution in [3.8, 4) is 0 Å². The van der Waals surface area contributed by atoms with Crippen molar-refractivity contribution in [1.29, 1.82) is 0 Å². The Morgan fingerprint density at radius 2 is 1.70 bits per heavy atom. The van der Waals surface area contributed by atoms with Crippen LogP contribution in [-0.2, 0) is 16.1 Å². The molecule has 4 rings (SSSR count).